The second-order valence-corrected chi connectivity index (χ2v) is 6.76. The van der Waals surface area contributed by atoms with Gasteiger partial charge in [0.1, 0.15) is 0 Å². The summed E-state index contributed by atoms with van der Waals surface area (Å²) in [7, 11) is 1.83. The van der Waals surface area contributed by atoms with Gasteiger partial charge in [-0.05, 0) is 25.7 Å². The van der Waals surface area contributed by atoms with Crippen LogP contribution >= 0.6 is 11.8 Å². The van der Waals surface area contributed by atoms with Crippen LogP contribution in [0.25, 0.3) is 5.78 Å². The topological polar surface area (TPSA) is 63.4 Å². The van der Waals surface area contributed by atoms with Crippen LogP contribution in [0, 0.1) is 13.8 Å². The summed E-state index contributed by atoms with van der Waals surface area (Å²) < 4.78 is 1.72. The minimum atomic E-state index is 0.0569. The van der Waals surface area contributed by atoms with Crippen LogP contribution in [0.3, 0.4) is 0 Å². The van der Waals surface area contributed by atoms with Gasteiger partial charge in [0.25, 0.3) is 5.78 Å². The maximum absolute atomic E-state index is 12.7. The Balaban J connectivity index is 1.83. The molecule has 1 aromatic carbocycles. The van der Waals surface area contributed by atoms with E-state index in [0.717, 1.165) is 22.5 Å². The van der Waals surface area contributed by atoms with Gasteiger partial charge in [-0.15, -0.1) is 5.10 Å². The molecule has 1 amide bonds. The van der Waals surface area contributed by atoms with Crippen molar-refractivity contribution in [2.45, 2.75) is 32.0 Å². The highest BCUT2D eigenvalue weighted by Gasteiger charge is 2.18. The summed E-state index contributed by atoms with van der Waals surface area (Å²) >= 11 is 1.48. The maximum Gasteiger partial charge on any atom is 0.253 e. The molecule has 0 saturated carbocycles. The van der Waals surface area contributed by atoms with Crippen molar-refractivity contribution in [2.24, 2.45) is 0 Å². The predicted molar refractivity (Wildman–Crippen MR) is 98.7 cm³/mol. The Labute approximate surface area is 151 Å². The molecule has 0 unspecified atom stereocenters. The van der Waals surface area contributed by atoms with Gasteiger partial charge in [0.2, 0.25) is 11.1 Å². The van der Waals surface area contributed by atoms with Crippen molar-refractivity contribution in [3.63, 3.8) is 0 Å². The van der Waals surface area contributed by atoms with Gasteiger partial charge < -0.3 is 4.90 Å². The van der Waals surface area contributed by atoms with E-state index in [4.69, 9.17) is 0 Å². The standard InChI is InChI=1S/C18H21N5OS/c1-12-15(13(2)23-17(19-12)20-18(21-23)25-4)10-16(24)22(3)11-14-8-6-5-7-9-14/h5-9H,10-11H2,1-4H3. The van der Waals surface area contributed by atoms with Crippen LogP contribution in [0.1, 0.15) is 22.5 Å². The Kier molecular flexibility index (Phi) is 5.03. The molecule has 6 nitrogen and oxygen atoms in total. The van der Waals surface area contributed by atoms with Crippen molar-refractivity contribution in [3.05, 3.63) is 52.8 Å². The maximum atomic E-state index is 12.7. The molecule has 7 heteroatoms. The number of carbonyl (C=O) groups excluding carboxylic acids is 1. The van der Waals surface area contributed by atoms with E-state index in [9.17, 15) is 4.79 Å². The third-order valence-corrected chi connectivity index (χ3v) is 4.77. The lowest BCUT2D eigenvalue weighted by atomic mass is 10.1. The van der Waals surface area contributed by atoms with Crippen LogP contribution in [-0.4, -0.2) is 43.7 Å². The van der Waals surface area contributed by atoms with Crippen LogP contribution in [-0.2, 0) is 17.8 Å². The second kappa shape index (κ2) is 7.23. The number of aryl methyl sites for hydroxylation is 2. The quantitative estimate of drug-likeness (QED) is 0.659. The van der Waals surface area contributed by atoms with Crippen LogP contribution in [0.4, 0.5) is 0 Å². The van der Waals surface area contributed by atoms with Gasteiger partial charge >= 0.3 is 0 Å². The van der Waals surface area contributed by atoms with Crippen molar-refractivity contribution >= 4 is 23.4 Å². The molecular formula is C18H21N5OS. The van der Waals surface area contributed by atoms with Gasteiger partial charge in [0.05, 0.1) is 6.42 Å². The number of hydrogen-bond acceptors (Lipinski definition) is 5. The van der Waals surface area contributed by atoms with Gasteiger partial charge in [-0.1, -0.05) is 42.1 Å². The normalized spacial score (nSPS) is 11.0. The van der Waals surface area contributed by atoms with Crippen molar-refractivity contribution in [1.82, 2.24) is 24.5 Å². The van der Waals surface area contributed by atoms with Crippen LogP contribution in [0.5, 0.6) is 0 Å². The van der Waals surface area contributed by atoms with Gasteiger partial charge in [-0.3, -0.25) is 4.79 Å². The molecule has 0 saturated heterocycles. The summed E-state index contributed by atoms with van der Waals surface area (Å²) in [6.45, 7) is 4.47. The molecule has 0 atom stereocenters. The number of amides is 1. The van der Waals surface area contributed by atoms with Crippen molar-refractivity contribution in [2.75, 3.05) is 13.3 Å². The van der Waals surface area contributed by atoms with Gasteiger partial charge in [0, 0.05) is 30.5 Å². The number of hydrogen-bond donors (Lipinski definition) is 0. The Bertz CT molecular complexity index is 907. The number of benzene rings is 1. The number of rotatable bonds is 5. The molecule has 3 rings (SSSR count). The van der Waals surface area contributed by atoms with E-state index in [-0.39, 0.29) is 5.91 Å². The van der Waals surface area contributed by atoms with Crippen molar-refractivity contribution in [3.8, 4) is 0 Å². The number of likely N-dealkylation sites (N-methyl/N-ethyl adjacent to an activating group) is 1. The van der Waals surface area contributed by atoms with Crippen LogP contribution < -0.4 is 0 Å². The minimum absolute atomic E-state index is 0.0569. The zero-order valence-electron chi connectivity index (χ0n) is 14.9. The number of aromatic nitrogens is 4. The molecule has 3 aromatic rings. The molecule has 2 heterocycles. The Morgan fingerprint density at radius 1 is 1.20 bits per heavy atom. The van der Waals surface area contributed by atoms with E-state index in [1.54, 1.807) is 9.42 Å². The lowest BCUT2D eigenvalue weighted by Crippen LogP contribution is -2.28. The van der Waals surface area contributed by atoms with Crippen molar-refractivity contribution in [1.29, 1.82) is 0 Å². The monoisotopic (exact) mass is 355 g/mol. The summed E-state index contributed by atoms with van der Waals surface area (Å²) in [5, 5.41) is 5.11. The zero-order chi connectivity index (χ0) is 18.0. The highest BCUT2D eigenvalue weighted by Crippen LogP contribution is 2.18. The first kappa shape index (κ1) is 17.4. The van der Waals surface area contributed by atoms with Gasteiger partial charge in [-0.25, -0.2) is 9.50 Å². The second-order valence-electron chi connectivity index (χ2n) is 5.98. The summed E-state index contributed by atoms with van der Waals surface area (Å²) in [4.78, 5) is 23.3. The predicted octanol–water partition coefficient (Wildman–Crippen LogP) is 2.66. The summed E-state index contributed by atoms with van der Waals surface area (Å²) in [6, 6.07) is 9.97. The first-order chi connectivity index (χ1) is 12.0. The smallest absolute Gasteiger partial charge is 0.253 e. The molecular weight excluding hydrogens is 334 g/mol. The molecule has 0 radical (unpaired) electrons. The molecule has 0 fully saturated rings. The Hall–Kier alpha value is -2.41. The van der Waals surface area contributed by atoms with Crippen molar-refractivity contribution < 1.29 is 4.79 Å². The molecule has 2 aromatic heterocycles. The summed E-state index contributed by atoms with van der Waals surface area (Å²) in [6.07, 6.45) is 2.23. The van der Waals surface area contributed by atoms with Gasteiger partial charge in [-0.2, -0.15) is 4.98 Å². The zero-order valence-corrected chi connectivity index (χ0v) is 15.7. The first-order valence-corrected chi connectivity index (χ1v) is 9.26. The molecule has 0 N–H and O–H groups in total. The molecule has 0 aliphatic carbocycles. The van der Waals surface area contributed by atoms with Crippen LogP contribution in [0.15, 0.2) is 35.5 Å². The lowest BCUT2D eigenvalue weighted by molar-refractivity contribution is -0.129. The number of thioether (sulfide) groups is 1. The molecule has 0 aliphatic rings. The number of fused-ring (bicyclic) bond motifs is 1. The fraction of sp³-hybridized carbons (Fsp3) is 0.333. The minimum Gasteiger partial charge on any atom is -0.341 e. The third kappa shape index (κ3) is 3.66. The molecule has 25 heavy (non-hydrogen) atoms. The van der Waals surface area contributed by atoms with E-state index in [0.29, 0.717) is 23.9 Å². The largest absolute Gasteiger partial charge is 0.341 e. The molecule has 0 bridgehead atoms. The number of carbonyl (C=O) groups is 1. The first-order valence-electron chi connectivity index (χ1n) is 8.04. The lowest BCUT2D eigenvalue weighted by Gasteiger charge is -2.18. The SMILES string of the molecule is CSc1nc2nc(C)c(CC(=O)N(C)Cc3ccccc3)c(C)n2n1. The highest BCUT2D eigenvalue weighted by molar-refractivity contribution is 7.98. The third-order valence-electron chi connectivity index (χ3n) is 4.23. The Morgan fingerprint density at radius 2 is 1.92 bits per heavy atom. The fourth-order valence-electron chi connectivity index (χ4n) is 2.76. The molecule has 130 valence electrons. The van der Waals surface area contributed by atoms with E-state index in [2.05, 4.69) is 15.1 Å². The van der Waals surface area contributed by atoms with E-state index in [1.807, 2.05) is 57.5 Å². The molecule has 0 spiro atoms. The fourth-order valence-corrected chi connectivity index (χ4v) is 3.10. The summed E-state index contributed by atoms with van der Waals surface area (Å²) in [5.41, 5.74) is 3.76. The van der Waals surface area contributed by atoms with E-state index in [1.165, 1.54) is 11.8 Å². The van der Waals surface area contributed by atoms with E-state index >= 15 is 0 Å². The number of nitrogens with zero attached hydrogens (tertiary/aromatic N) is 5. The highest BCUT2D eigenvalue weighted by atomic mass is 32.2. The summed E-state index contributed by atoms with van der Waals surface area (Å²) in [5.74, 6) is 0.634. The van der Waals surface area contributed by atoms with E-state index < -0.39 is 0 Å². The average molecular weight is 355 g/mol. The van der Waals surface area contributed by atoms with Crippen LogP contribution in [0.2, 0.25) is 0 Å². The molecule has 0 aliphatic heterocycles. The Morgan fingerprint density at radius 3 is 2.60 bits per heavy atom. The average Bonchev–Trinajstić information content (AvgIpc) is 3.02. The van der Waals surface area contributed by atoms with Gasteiger partial charge in [0.15, 0.2) is 0 Å².